The summed E-state index contributed by atoms with van der Waals surface area (Å²) in [6.07, 6.45) is 2.21. The van der Waals surface area contributed by atoms with Gasteiger partial charge in [-0.05, 0) is 25.8 Å². The fourth-order valence-electron chi connectivity index (χ4n) is 2.45. The highest BCUT2D eigenvalue weighted by molar-refractivity contribution is 7.17. The molecule has 1 amide bonds. The van der Waals surface area contributed by atoms with Crippen molar-refractivity contribution in [3.05, 3.63) is 39.9 Å². The summed E-state index contributed by atoms with van der Waals surface area (Å²) in [4.78, 5) is 17.4. The van der Waals surface area contributed by atoms with E-state index in [-0.39, 0.29) is 12.0 Å². The predicted molar refractivity (Wildman–Crippen MR) is 88.6 cm³/mol. The summed E-state index contributed by atoms with van der Waals surface area (Å²) < 4.78 is 5.52. The summed E-state index contributed by atoms with van der Waals surface area (Å²) in [6, 6.07) is 7.52. The van der Waals surface area contributed by atoms with Gasteiger partial charge >= 0.3 is 0 Å². The Kier molecular flexibility index (Phi) is 4.76. The quantitative estimate of drug-likeness (QED) is 0.926. The fraction of sp³-hybridized carbons (Fsp3) is 0.375. The zero-order valence-electron chi connectivity index (χ0n) is 12.3. The third kappa shape index (κ3) is 3.32. The van der Waals surface area contributed by atoms with E-state index in [1.54, 1.807) is 0 Å². The Hall–Kier alpha value is -1.43. The molecule has 2 heterocycles. The summed E-state index contributed by atoms with van der Waals surface area (Å²) in [5.41, 5.74) is 1.58. The third-order valence-electron chi connectivity index (χ3n) is 3.62. The van der Waals surface area contributed by atoms with Crippen molar-refractivity contribution in [1.82, 2.24) is 10.3 Å². The zero-order chi connectivity index (χ0) is 15.5. The smallest absolute Gasteiger partial charge is 0.263 e. The average Bonchev–Trinajstić information content (AvgIpc) is 3.15. The summed E-state index contributed by atoms with van der Waals surface area (Å²) in [5, 5.41) is 4.34. The average molecular weight is 337 g/mol. The van der Waals surface area contributed by atoms with Crippen molar-refractivity contribution in [2.75, 3.05) is 13.2 Å². The maximum absolute atomic E-state index is 12.3. The molecule has 6 heteroatoms. The number of hydrogen-bond donors (Lipinski definition) is 1. The number of carbonyl (C=O) groups is 1. The van der Waals surface area contributed by atoms with Crippen LogP contribution in [-0.2, 0) is 4.74 Å². The SMILES string of the molecule is Cc1nc(-c2ccccc2Cl)sc1C(=O)NCC1CCCO1. The normalized spacial score (nSPS) is 17.6. The number of nitrogens with zero attached hydrogens (tertiary/aromatic N) is 1. The van der Waals surface area contributed by atoms with Gasteiger partial charge in [-0.3, -0.25) is 4.79 Å². The molecule has 1 atom stereocenters. The van der Waals surface area contributed by atoms with Crippen LogP contribution in [0.25, 0.3) is 10.6 Å². The fourth-order valence-corrected chi connectivity index (χ4v) is 3.75. The van der Waals surface area contributed by atoms with E-state index in [4.69, 9.17) is 16.3 Å². The lowest BCUT2D eigenvalue weighted by molar-refractivity contribution is 0.0860. The Labute approximate surface area is 138 Å². The van der Waals surface area contributed by atoms with Gasteiger partial charge in [-0.1, -0.05) is 29.8 Å². The number of ether oxygens (including phenoxy) is 1. The Bertz CT molecular complexity index is 681. The number of nitrogens with one attached hydrogen (secondary N) is 1. The van der Waals surface area contributed by atoms with Gasteiger partial charge in [0, 0.05) is 18.7 Å². The number of amides is 1. The molecule has 1 N–H and O–H groups in total. The van der Waals surface area contributed by atoms with Crippen molar-refractivity contribution in [2.45, 2.75) is 25.9 Å². The van der Waals surface area contributed by atoms with Gasteiger partial charge in [0.25, 0.3) is 5.91 Å². The van der Waals surface area contributed by atoms with Crippen molar-refractivity contribution >= 4 is 28.8 Å². The Morgan fingerprint density at radius 3 is 3.05 bits per heavy atom. The number of hydrogen-bond acceptors (Lipinski definition) is 4. The molecule has 2 aromatic rings. The standard InChI is InChI=1S/C16H17ClN2O2S/c1-10-14(15(20)18-9-11-5-4-8-21-11)22-16(19-10)12-6-2-3-7-13(12)17/h2-3,6-7,11H,4-5,8-9H2,1H3,(H,18,20). The molecule has 3 rings (SSSR count). The van der Waals surface area contributed by atoms with E-state index in [1.807, 2.05) is 31.2 Å². The topological polar surface area (TPSA) is 51.2 Å². The molecule has 4 nitrogen and oxygen atoms in total. The van der Waals surface area contributed by atoms with Gasteiger partial charge in [-0.2, -0.15) is 0 Å². The van der Waals surface area contributed by atoms with Crippen LogP contribution in [0.3, 0.4) is 0 Å². The van der Waals surface area contributed by atoms with E-state index in [0.29, 0.717) is 16.4 Å². The van der Waals surface area contributed by atoms with E-state index in [0.717, 1.165) is 35.7 Å². The zero-order valence-corrected chi connectivity index (χ0v) is 13.8. The number of carbonyl (C=O) groups excluding carboxylic acids is 1. The minimum absolute atomic E-state index is 0.0937. The van der Waals surface area contributed by atoms with Gasteiger partial charge in [0.1, 0.15) is 9.88 Å². The molecule has 0 aliphatic carbocycles. The Morgan fingerprint density at radius 2 is 2.32 bits per heavy atom. The second-order valence-corrected chi connectivity index (χ2v) is 6.66. The molecule has 1 aromatic carbocycles. The maximum Gasteiger partial charge on any atom is 0.263 e. The molecule has 1 saturated heterocycles. The van der Waals surface area contributed by atoms with Gasteiger partial charge in [0.15, 0.2) is 0 Å². The number of aryl methyl sites for hydroxylation is 1. The highest BCUT2D eigenvalue weighted by atomic mass is 35.5. The van der Waals surface area contributed by atoms with Crippen molar-refractivity contribution in [2.24, 2.45) is 0 Å². The highest BCUT2D eigenvalue weighted by Gasteiger charge is 2.20. The molecule has 1 unspecified atom stereocenters. The molecule has 1 aliphatic rings. The van der Waals surface area contributed by atoms with Crippen molar-refractivity contribution in [3.63, 3.8) is 0 Å². The number of benzene rings is 1. The van der Waals surface area contributed by atoms with E-state index in [2.05, 4.69) is 10.3 Å². The van der Waals surface area contributed by atoms with Crippen LogP contribution in [0.2, 0.25) is 5.02 Å². The lowest BCUT2D eigenvalue weighted by Crippen LogP contribution is -2.31. The molecule has 1 fully saturated rings. The molecule has 1 aromatic heterocycles. The van der Waals surface area contributed by atoms with Crippen LogP contribution < -0.4 is 5.32 Å². The molecule has 0 saturated carbocycles. The van der Waals surface area contributed by atoms with Crippen LogP contribution in [0.15, 0.2) is 24.3 Å². The van der Waals surface area contributed by atoms with Gasteiger partial charge in [0.05, 0.1) is 16.8 Å². The maximum atomic E-state index is 12.3. The lowest BCUT2D eigenvalue weighted by atomic mass is 10.2. The molecule has 22 heavy (non-hydrogen) atoms. The second kappa shape index (κ2) is 6.77. The van der Waals surface area contributed by atoms with Crippen LogP contribution in [0, 0.1) is 6.92 Å². The molecule has 0 bridgehead atoms. The van der Waals surface area contributed by atoms with Crippen molar-refractivity contribution in [3.8, 4) is 10.6 Å². The summed E-state index contributed by atoms with van der Waals surface area (Å²) in [5.74, 6) is -0.0937. The second-order valence-electron chi connectivity index (χ2n) is 5.26. The van der Waals surface area contributed by atoms with Crippen molar-refractivity contribution < 1.29 is 9.53 Å². The molecule has 0 spiro atoms. The first kappa shape index (κ1) is 15.5. The molecule has 1 aliphatic heterocycles. The number of halogens is 1. The van der Waals surface area contributed by atoms with Crippen LogP contribution in [0.5, 0.6) is 0 Å². The van der Waals surface area contributed by atoms with Gasteiger partial charge in [0.2, 0.25) is 0 Å². The lowest BCUT2D eigenvalue weighted by Gasteiger charge is -2.09. The molecular weight excluding hydrogens is 320 g/mol. The van der Waals surface area contributed by atoms with Gasteiger partial charge < -0.3 is 10.1 Å². The van der Waals surface area contributed by atoms with Gasteiger partial charge in [-0.25, -0.2) is 4.98 Å². The first-order valence-electron chi connectivity index (χ1n) is 7.27. The van der Waals surface area contributed by atoms with Crippen LogP contribution >= 0.6 is 22.9 Å². The first-order chi connectivity index (χ1) is 10.6. The predicted octanol–water partition coefficient (Wildman–Crippen LogP) is 3.68. The van der Waals surface area contributed by atoms with E-state index in [1.165, 1.54) is 11.3 Å². The molecule has 0 radical (unpaired) electrons. The Morgan fingerprint density at radius 1 is 1.50 bits per heavy atom. The van der Waals surface area contributed by atoms with Crippen LogP contribution in [0.1, 0.15) is 28.2 Å². The third-order valence-corrected chi connectivity index (χ3v) is 5.14. The molecule has 116 valence electrons. The Balaban J connectivity index is 1.74. The molecular formula is C16H17ClN2O2S. The van der Waals surface area contributed by atoms with E-state index >= 15 is 0 Å². The highest BCUT2D eigenvalue weighted by Crippen LogP contribution is 2.32. The van der Waals surface area contributed by atoms with E-state index in [9.17, 15) is 4.79 Å². The number of rotatable bonds is 4. The number of aromatic nitrogens is 1. The summed E-state index contributed by atoms with van der Waals surface area (Å²) in [6.45, 7) is 3.19. The van der Waals surface area contributed by atoms with E-state index < -0.39 is 0 Å². The van der Waals surface area contributed by atoms with Gasteiger partial charge in [-0.15, -0.1) is 11.3 Å². The minimum atomic E-state index is -0.0937. The number of thiazole rings is 1. The summed E-state index contributed by atoms with van der Waals surface area (Å²) in [7, 11) is 0. The van der Waals surface area contributed by atoms with Crippen LogP contribution in [0.4, 0.5) is 0 Å². The largest absolute Gasteiger partial charge is 0.376 e. The van der Waals surface area contributed by atoms with Crippen LogP contribution in [-0.4, -0.2) is 30.1 Å². The first-order valence-corrected chi connectivity index (χ1v) is 8.46. The van der Waals surface area contributed by atoms with Crippen molar-refractivity contribution in [1.29, 1.82) is 0 Å². The minimum Gasteiger partial charge on any atom is -0.376 e. The monoisotopic (exact) mass is 336 g/mol. The summed E-state index contributed by atoms with van der Waals surface area (Å²) >= 11 is 7.57.